The lowest BCUT2D eigenvalue weighted by Crippen LogP contribution is -1.99. The number of rotatable bonds is 3. The first-order chi connectivity index (χ1) is 6.61. The molecule has 6 heteroatoms. The van der Waals surface area contributed by atoms with E-state index in [1.807, 2.05) is 0 Å². The number of pyridine rings is 1. The molecule has 0 saturated heterocycles. The summed E-state index contributed by atoms with van der Waals surface area (Å²) < 4.78 is 29.3. The number of hydrogen-bond acceptors (Lipinski definition) is 3. The van der Waals surface area contributed by atoms with Gasteiger partial charge in [0.2, 0.25) is 0 Å². The topological polar surface area (TPSA) is 39.2 Å². The molecule has 0 fully saturated rings. The highest BCUT2D eigenvalue weighted by atomic mass is 35.5. The molecule has 76 valence electrons. The minimum absolute atomic E-state index is 0.0781. The molecular weight excluding hydrogens is 216 g/mol. The van der Waals surface area contributed by atoms with Crippen LogP contribution in [0.25, 0.3) is 0 Å². The van der Waals surface area contributed by atoms with E-state index in [0.29, 0.717) is 6.29 Å². The summed E-state index contributed by atoms with van der Waals surface area (Å²) >= 11 is 5.53. The number of ether oxygens (including phenoxy) is 1. The predicted octanol–water partition coefficient (Wildman–Crippen LogP) is 2.49. The van der Waals surface area contributed by atoms with Crippen LogP contribution in [0, 0.1) is 0 Å². The van der Waals surface area contributed by atoms with Gasteiger partial charge in [-0.3, -0.25) is 4.79 Å². The monoisotopic (exact) mass is 221 g/mol. The fourth-order valence-electron chi connectivity index (χ4n) is 0.925. The quantitative estimate of drug-likeness (QED) is 0.736. The van der Waals surface area contributed by atoms with Crippen LogP contribution in [0.5, 0.6) is 5.75 Å². The molecule has 0 spiro atoms. The van der Waals surface area contributed by atoms with E-state index in [9.17, 15) is 13.6 Å². The van der Waals surface area contributed by atoms with Gasteiger partial charge in [-0.05, 0) is 0 Å². The summed E-state index contributed by atoms with van der Waals surface area (Å²) in [5, 5.41) is -0.366. The van der Waals surface area contributed by atoms with Crippen LogP contribution >= 0.6 is 11.6 Å². The summed E-state index contributed by atoms with van der Waals surface area (Å²) in [4.78, 5) is 13.9. The third-order valence-electron chi connectivity index (χ3n) is 1.59. The van der Waals surface area contributed by atoms with E-state index in [1.165, 1.54) is 7.11 Å². The number of aldehydes is 1. The van der Waals surface area contributed by atoms with E-state index >= 15 is 0 Å². The van der Waals surface area contributed by atoms with Gasteiger partial charge in [-0.25, -0.2) is 13.8 Å². The van der Waals surface area contributed by atoms with Gasteiger partial charge in [0.15, 0.2) is 6.29 Å². The number of carbonyl (C=O) groups is 1. The maximum absolute atomic E-state index is 12.3. The normalized spacial score (nSPS) is 10.4. The predicted molar refractivity (Wildman–Crippen MR) is 46.1 cm³/mol. The zero-order valence-corrected chi connectivity index (χ0v) is 7.89. The lowest BCUT2D eigenvalue weighted by atomic mass is 10.2. The second-order valence-corrected chi connectivity index (χ2v) is 2.74. The fraction of sp³-hybridized carbons (Fsp3) is 0.250. The van der Waals surface area contributed by atoms with Crippen LogP contribution in [0.2, 0.25) is 5.02 Å². The minimum Gasteiger partial charge on any atom is -0.494 e. The van der Waals surface area contributed by atoms with E-state index in [4.69, 9.17) is 16.3 Å². The van der Waals surface area contributed by atoms with Gasteiger partial charge in [0, 0.05) is 0 Å². The maximum atomic E-state index is 12.3. The highest BCUT2D eigenvalue weighted by molar-refractivity contribution is 6.33. The zero-order chi connectivity index (χ0) is 10.7. The number of alkyl halides is 2. The van der Waals surface area contributed by atoms with Crippen molar-refractivity contribution in [2.24, 2.45) is 0 Å². The van der Waals surface area contributed by atoms with Crippen molar-refractivity contribution in [3.05, 3.63) is 22.5 Å². The Morgan fingerprint density at radius 3 is 2.71 bits per heavy atom. The Labute approximate surface area is 83.7 Å². The molecule has 1 aromatic rings. The van der Waals surface area contributed by atoms with Crippen LogP contribution in [-0.2, 0) is 0 Å². The number of nitrogens with zero attached hydrogens (tertiary/aromatic N) is 1. The van der Waals surface area contributed by atoms with Crippen LogP contribution in [0.1, 0.15) is 22.5 Å². The molecule has 0 bridgehead atoms. The van der Waals surface area contributed by atoms with Gasteiger partial charge >= 0.3 is 0 Å². The molecule has 0 aliphatic rings. The molecule has 0 saturated carbocycles. The summed E-state index contributed by atoms with van der Waals surface area (Å²) in [5.74, 6) is 0.0781. The number of carbonyl (C=O) groups excluding carboxylic acids is 1. The average molecular weight is 222 g/mol. The number of aromatic nitrogens is 1. The molecule has 0 amide bonds. The van der Waals surface area contributed by atoms with Crippen molar-refractivity contribution >= 4 is 17.9 Å². The fourth-order valence-corrected chi connectivity index (χ4v) is 1.19. The summed E-state index contributed by atoms with van der Waals surface area (Å²) in [6.07, 6.45) is -1.42. The molecule has 1 aromatic heterocycles. The number of hydrogen-bond donors (Lipinski definition) is 0. The third kappa shape index (κ3) is 1.82. The van der Waals surface area contributed by atoms with Gasteiger partial charge in [-0.2, -0.15) is 0 Å². The van der Waals surface area contributed by atoms with Crippen LogP contribution in [-0.4, -0.2) is 18.4 Å². The van der Waals surface area contributed by atoms with E-state index < -0.39 is 12.1 Å². The highest BCUT2D eigenvalue weighted by Gasteiger charge is 2.19. The van der Waals surface area contributed by atoms with Crippen molar-refractivity contribution in [3.63, 3.8) is 0 Å². The van der Waals surface area contributed by atoms with Gasteiger partial charge in [-0.1, -0.05) is 11.6 Å². The van der Waals surface area contributed by atoms with Crippen molar-refractivity contribution in [3.8, 4) is 5.75 Å². The van der Waals surface area contributed by atoms with Crippen LogP contribution in [0.4, 0.5) is 8.78 Å². The Balaban J connectivity index is 3.34. The Morgan fingerprint density at radius 2 is 2.29 bits per heavy atom. The second kappa shape index (κ2) is 4.32. The Hall–Kier alpha value is -1.23. The lowest BCUT2D eigenvalue weighted by Gasteiger charge is -2.07. The molecule has 0 unspecified atom stereocenters. The lowest BCUT2D eigenvalue weighted by molar-refractivity contribution is 0.111. The molecule has 0 aliphatic heterocycles. The van der Waals surface area contributed by atoms with Gasteiger partial charge in [0.1, 0.15) is 11.4 Å². The standard InChI is InChI=1S/C8H6ClF2NO2/c1-14-5-2-12-7(8(10)11)6(9)4(5)3-13/h2-3,8H,1H3. The molecule has 0 aromatic carbocycles. The van der Waals surface area contributed by atoms with E-state index in [2.05, 4.69) is 4.98 Å². The Morgan fingerprint density at radius 1 is 1.64 bits per heavy atom. The largest absolute Gasteiger partial charge is 0.494 e. The van der Waals surface area contributed by atoms with E-state index in [-0.39, 0.29) is 16.3 Å². The molecular formula is C8H6ClF2NO2. The highest BCUT2D eigenvalue weighted by Crippen LogP contribution is 2.31. The summed E-state index contributed by atoms with van der Waals surface area (Å²) in [6, 6.07) is 0. The third-order valence-corrected chi connectivity index (χ3v) is 1.99. The number of halogens is 3. The minimum atomic E-state index is -2.81. The SMILES string of the molecule is COc1cnc(C(F)F)c(Cl)c1C=O. The van der Waals surface area contributed by atoms with Gasteiger partial charge in [0.25, 0.3) is 6.43 Å². The Bertz CT molecular complexity index is 357. The van der Waals surface area contributed by atoms with Crippen molar-refractivity contribution in [1.82, 2.24) is 4.98 Å². The second-order valence-electron chi connectivity index (χ2n) is 2.36. The first kappa shape index (κ1) is 10.8. The van der Waals surface area contributed by atoms with Crippen molar-refractivity contribution in [2.75, 3.05) is 7.11 Å². The first-order valence-electron chi connectivity index (χ1n) is 3.57. The molecule has 3 nitrogen and oxygen atoms in total. The molecule has 0 radical (unpaired) electrons. The molecule has 0 atom stereocenters. The molecule has 1 heterocycles. The molecule has 1 rings (SSSR count). The van der Waals surface area contributed by atoms with Crippen LogP contribution < -0.4 is 4.74 Å². The van der Waals surface area contributed by atoms with Gasteiger partial charge < -0.3 is 4.74 Å². The van der Waals surface area contributed by atoms with E-state index in [1.54, 1.807) is 0 Å². The van der Waals surface area contributed by atoms with Crippen molar-refractivity contribution in [1.29, 1.82) is 0 Å². The van der Waals surface area contributed by atoms with Crippen LogP contribution in [0.15, 0.2) is 6.20 Å². The average Bonchev–Trinajstić information content (AvgIpc) is 2.16. The molecule has 14 heavy (non-hydrogen) atoms. The van der Waals surface area contributed by atoms with Gasteiger partial charge in [-0.15, -0.1) is 0 Å². The van der Waals surface area contributed by atoms with Crippen LogP contribution in [0.3, 0.4) is 0 Å². The summed E-state index contributed by atoms with van der Waals surface area (Å²) in [6.45, 7) is 0. The molecule has 0 aliphatic carbocycles. The number of methoxy groups -OCH3 is 1. The summed E-state index contributed by atoms with van der Waals surface area (Å²) in [7, 11) is 1.29. The van der Waals surface area contributed by atoms with E-state index in [0.717, 1.165) is 6.20 Å². The summed E-state index contributed by atoms with van der Waals surface area (Å²) in [5.41, 5.74) is -0.728. The van der Waals surface area contributed by atoms with Gasteiger partial charge in [0.05, 0.1) is 23.9 Å². The first-order valence-corrected chi connectivity index (χ1v) is 3.95. The van der Waals surface area contributed by atoms with Crippen molar-refractivity contribution in [2.45, 2.75) is 6.43 Å². The maximum Gasteiger partial charge on any atom is 0.281 e. The smallest absolute Gasteiger partial charge is 0.281 e. The zero-order valence-electron chi connectivity index (χ0n) is 7.13. The molecule has 0 N–H and O–H groups in total. The van der Waals surface area contributed by atoms with Crippen molar-refractivity contribution < 1.29 is 18.3 Å². The Kier molecular flexibility index (Phi) is 3.35.